The van der Waals surface area contributed by atoms with Gasteiger partial charge in [-0.15, -0.1) is 0 Å². The van der Waals surface area contributed by atoms with E-state index in [0.29, 0.717) is 37.6 Å². The van der Waals surface area contributed by atoms with Crippen LogP contribution in [0.1, 0.15) is 13.8 Å². The first-order valence-corrected chi connectivity index (χ1v) is 8.15. The van der Waals surface area contributed by atoms with Gasteiger partial charge in [-0.05, 0) is 24.3 Å². The molecule has 136 valence electrons. The van der Waals surface area contributed by atoms with Gasteiger partial charge in [0.25, 0.3) is 5.91 Å². The molecule has 3 amide bonds. The molecule has 1 aliphatic heterocycles. The minimum Gasteiger partial charge on any atom is -0.399 e. The molecule has 8 heteroatoms. The average molecular weight is 355 g/mol. The van der Waals surface area contributed by atoms with E-state index in [2.05, 4.69) is 0 Å². The van der Waals surface area contributed by atoms with Gasteiger partial charge in [0.15, 0.2) is 0 Å². The van der Waals surface area contributed by atoms with E-state index in [1.54, 1.807) is 29.2 Å². The molecule has 1 aliphatic rings. The largest absolute Gasteiger partial charge is 0.399 e. The maximum Gasteiger partial charge on any atom is 0.266 e. The Morgan fingerprint density at radius 1 is 1.08 bits per heavy atom. The monoisotopic (exact) mass is 355 g/mol. The summed E-state index contributed by atoms with van der Waals surface area (Å²) in [4.78, 5) is 40.4. The number of hydrogen-bond donors (Lipinski definition) is 1. The van der Waals surface area contributed by atoms with E-state index in [1.807, 2.05) is 6.07 Å². The highest BCUT2D eigenvalue weighted by Crippen LogP contribution is 2.19. The molecule has 0 saturated carbocycles. The van der Waals surface area contributed by atoms with Crippen LogP contribution in [0.2, 0.25) is 0 Å². The number of nitriles is 1. The highest BCUT2D eigenvalue weighted by atomic mass is 16.2. The van der Waals surface area contributed by atoms with Gasteiger partial charge < -0.3 is 15.5 Å². The second-order valence-corrected chi connectivity index (χ2v) is 5.93. The molecule has 0 radical (unpaired) electrons. The van der Waals surface area contributed by atoms with E-state index in [-0.39, 0.29) is 17.4 Å². The summed E-state index contributed by atoms with van der Waals surface area (Å²) in [5.41, 5.74) is 6.55. The lowest BCUT2D eigenvalue weighted by Crippen LogP contribution is -2.50. The third-order valence-electron chi connectivity index (χ3n) is 4.13. The van der Waals surface area contributed by atoms with Crippen LogP contribution in [0.3, 0.4) is 0 Å². The Hall–Kier alpha value is -3.34. The number of piperazine rings is 1. The highest BCUT2D eigenvalue weighted by Gasteiger charge is 2.25. The number of hydrogen-bond acceptors (Lipinski definition) is 5. The number of rotatable bonds is 3. The van der Waals surface area contributed by atoms with Crippen molar-refractivity contribution in [2.45, 2.75) is 13.8 Å². The molecule has 1 heterocycles. The van der Waals surface area contributed by atoms with E-state index in [4.69, 9.17) is 5.73 Å². The van der Waals surface area contributed by atoms with Crippen LogP contribution < -0.4 is 10.6 Å². The van der Waals surface area contributed by atoms with Gasteiger partial charge in [-0.3, -0.25) is 19.3 Å². The Labute approximate surface area is 152 Å². The van der Waals surface area contributed by atoms with Crippen LogP contribution in [0.15, 0.2) is 36.0 Å². The van der Waals surface area contributed by atoms with Gasteiger partial charge >= 0.3 is 0 Å². The zero-order chi connectivity index (χ0) is 19.3. The van der Waals surface area contributed by atoms with Crippen molar-refractivity contribution in [3.05, 3.63) is 36.0 Å². The summed E-state index contributed by atoms with van der Waals surface area (Å²) in [6, 6.07) is 8.41. The van der Waals surface area contributed by atoms with Crippen molar-refractivity contribution < 1.29 is 14.4 Å². The fourth-order valence-corrected chi connectivity index (χ4v) is 2.64. The summed E-state index contributed by atoms with van der Waals surface area (Å²) in [6.07, 6.45) is 1.24. The number of nitrogens with zero attached hydrogens (tertiary/aromatic N) is 4. The average Bonchev–Trinajstić information content (AvgIpc) is 2.63. The maximum atomic E-state index is 12.6. The Bertz CT molecular complexity index is 771. The quantitative estimate of drug-likeness (QED) is 0.488. The second-order valence-electron chi connectivity index (χ2n) is 5.93. The van der Waals surface area contributed by atoms with Gasteiger partial charge in [0.05, 0.1) is 0 Å². The van der Waals surface area contributed by atoms with Crippen molar-refractivity contribution in [3.8, 4) is 6.07 Å². The van der Waals surface area contributed by atoms with E-state index >= 15 is 0 Å². The molecular formula is C18H21N5O3. The summed E-state index contributed by atoms with van der Waals surface area (Å²) in [6.45, 7) is 4.37. The number of benzene rings is 1. The van der Waals surface area contributed by atoms with E-state index in [9.17, 15) is 19.6 Å². The minimum atomic E-state index is -0.461. The van der Waals surface area contributed by atoms with Crippen LogP contribution in [0, 0.1) is 11.3 Å². The molecule has 1 saturated heterocycles. The summed E-state index contributed by atoms with van der Waals surface area (Å²) >= 11 is 0. The lowest BCUT2D eigenvalue weighted by Gasteiger charge is -2.34. The number of nitrogen functional groups attached to an aromatic ring is 1. The molecule has 2 N–H and O–H groups in total. The van der Waals surface area contributed by atoms with E-state index in [0.717, 1.165) is 0 Å². The summed E-state index contributed by atoms with van der Waals surface area (Å²) in [7, 11) is 0. The van der Waals surface area contributed by atoms with Gasteiger partial charge in [0.2, 0.25) is 11.8 Å². The zero-order valence-corrected chi connectivity index (χ0v) is 14.8. The smallest absolute Gasteiger partial charge is 0.266 e. The molecule has 0 aromatic heterocycles. The predicted molar refractivity (Wildman–Crippen MR) is 96.5 cm³/mol. The van der Waals surface area contributed by atoms with E-state index < -0.39 is 5.91 Å². The van der Waals surface area contributed by atoms with Crippen molar-refractivity contribution in [3.63, 3.8) is 0 Å². The summed E-state index contributed by atoms with van der Waals surface area (Å²) < 4.78 is 0. The molecule has 2 rings (SSSR count). The van der Waals surface area contributed by atoms with E-state index in [1.165, 1.54) is 29.8 Å². The van der Waals surface area contributed by atoms with Crippen molar-refractivity contribution in [2.24, 2.45) is 0 Å². The number of amides is 3. The molecule has 0 bridgehead atoms. The van der Waals surface area contributed by atoms with Crippen LogP contribution in [0.5, 0.6) is 0 Å². The van der Waals surface area contributed by atoms with Crippen molar-refractivity contribution in [1.29, 1.82) is 5.26 Å². The molecular weight excluding hydrogens is 334 g/mol. The molecule has 0 spiro atoms. The minimum absolute atomic E-state index is 0.0424. The Balaban J connectivity index is 2.20. The second kappa shape index (κ2) is 8.16. The normalized spacial score (nSPS) is 14.6. The summed E-state index contributed by atoms with van der Waals surface area (Å²) in [5, 5.41) is 9.40. The fraction of sp³-hybridized carbons (Fsp3) is 0.333. The van der Waals surface area contributed by atoms with Crippen molar-refractivity contribution in [2.75, 3.05) is 36.8 Å². The number of carbonyl (C=O) groups excluding carboxylic acids is 3. The SMILES string of the molecule is CC(=O)N1CCN(C(=O)/C(C#N)=C\N(C(C)=O)c2ccc(N)cc2)CC1. The van der Waals surface area contributed by atoms with Crippen LogP contribution in [0.4, 0.5) is 11.4 Å². The number of nitrogens with two attached hydrogens (primary N) is 1. The van der Waals surface area contributed by atoms with Crippen LogP contribution in [-0.2, 0) is 14.4 Å². The van der Waals surface area contributed by atoms with Crippen LogP contribution >= 0.6 is 0 Å². The molecule has 0 unspecified atom stereocenters. The van der Waals surface area contributed by atoms with Gasteiger partial charge in [0.1, 0.15) is 11.6 Å². The highest BCUT2D eigenvalue weighted by molar-refractivity contribution is 6.01. The number of anilines is 2. The van der Waals surface area contributed by atoms with Gasteiger partial charge in [0, 0.05) is 57.6 Å². The standard InChI is InChI=1S/C18H21N5O3/c1-13(24)21-7-9-22(10-8-21)18(26)15(11-19)12-23(14(2)25)17-5-3-16(20)4-6-17/h3-6,12H,7-10,20H2,1-2H3/b15-12-. The number of carbonyl (C=O) groups is 3. The fourth-order valence-electron chi connectivity index (χ4n) is 2.64. The molecule has 26 heavy (non-hydrogen) atoms. The molecule has 0 atom stereocenters. The molecule has 0 aliphatic carbocycles. The first-order chi connectivity index (χ1) is 12.3. The third-order valence-corrected chi connectivity index (χ3v) is 4.13. The lowest BCUT2D eigenvalue weighted by atomic mass is 10.2. The Morgan fingerprint density at radius 2 is 1.62 bits per heavy atom. The van der Waals surface area contributed by atoms with Crippen molar-refractivity contribution >= 4 is 29.1 Å². The lowest BCUT2D eigenvalue weighted by molar-refractivity contribution is -0.136. The van der Waals surface area contributed by atoms with Gasteiger partial charge in [-0.2, -0.15) is 5.26 Å². The molecule has 1 aromatic rings. The van der Waals surface area contributed by atoms with Gasteiger partial charge in [-0.25, -0.2) is 0 Å². The molecule has 8 nitrogen and oxygen atoms in total. The predicted octanol–water partition coefficient (Wildman–Crippen LogP) is 0.720. The zero-order valence-electron chi connectivity index (χ0n) is 14.8. The molecule has 1 aromatic carbocycles. The van der Waals surface area contributed by atoms with Crippen LogP contribution in [-0.4, -0.2) is 53.7 Å². The van der Waals surface area contributed by atoms with Crippen LogP contribution in [0.25, 0.3) is 0 Å². The molecule has 1 fully saturated rings. The van der Waals surface area contributed by atoms with Gasteiger partial charge in [-0.1, -0.05) is 0 Å². The topological polar surface area (TPSA) is 111 Å². The Morgan fingerprint density at radius 3 is 2.08 bits per heavy atom. The first-order valence-electron chi connectivity index (χ1n) is 8.15. The summed E-state index contributed by atoms with van der Waals surface area (Å²) in [5.74, 6) is -0.839. The van der Waals surface area contributed by atoms with Crippen molar-refractivity contribution in [1.82, 2.24) is 9.80 Å². The maximum absolute atomic E-state index is 12.6. The third kappa shape index (κ3) is 4.39. The first kappa shape index (κ1) is 19.0. The Kier molecular flexibility index (Phi) is 5.96.